The van der Waals surface area contributed by atoms with Gasteiger partial charge < -0.3 is 9.88 Å². The second kappa shape index (κ2) is 7.48. The van der Waals surface area contributed by atoms with Gasteiger partial charge in [-0.15, -0.1) is 0 Å². The highest BCUT2D eigenvalue weighted by molar-refractivity contribution is 5.97. The second-order valence-electron chi connectivity index (χ2n) is 5.60. The predicted octanol–water partition coefficient (Wildman–Crippen LogP) is 1.62. The molecule has 3 N–H and O–H groups in total. The first-order valence-corrected chi connectivity index (χ1v) is 7.96. The van der Waals surface area contributed by atoms with E-state index >= 15 is 0 Å². The van der Waals surface area contributed by atoms with Crippen LogP contribution in [-0.2, 0) is 9.59 Å². The standard InChI is InChI=1S/C18H18N4O3/c23-16(20-21-18(25)15-3-1-11-19-15)10-7-13-5-8-14(9-6-13)22-12-2-4-17(22)24/h1,3,5-11,19H,2,4,12H2,(H,20,23)(H,21,25). The van der Waals surface area contributed by atoms with Gasteiger partial charge in [0.1, 0.15) is 5.69 Å². The number of hydrazine groups is 1. The Bertz CT molecular complexity index is 794. The highest BCUT2D eigenvalue weighted by Gasteiger charge is 2.21. The molecule has 1 fully saturated rings. The number of rotatable bonds is 4. The molecule has 25 heavy (non-hydrogen) atoms. The number of H-pyrrole nitrogens is 1. The number of nitrogens with zero attached hydrogens (tertiary/aromatic N) is 1. The molecule has 1 saturated heterocycles. The summed E-state index contributed by atoms with van der Waals surface area (Å²) >= 11 is 0. The molecule has 1 aliphatic rings. The van der Waals surface area contributed by atoms with Crippen LogP contribution >= 0.6 is 0 Å². The molecule has 7 nitrogen and oxygen atoms in total. The minimum atomic E-state index is -0.446. The summed E-state index contributed by atoms with van der Waals surface area (Å²) in [6.07, 6.45) is 6.05. The van der Waals surface area contributed by atoms with Gasteiger partial charge in [0.15, 0.2) is 0 Å². The van der Waals surface area contributed by atoms with E-state index in [0.717, 1.165) is 24.2 Å². The minimum Gasteiger partial charge on any atom is -0.357 e. The Kier molecular flexibility index (Phi) is 4.94. The molecule has 1 aromatic heterocycles. The molecule has 0 unspecified atom stereocenters. The maximum Gasteiger partial charge on any atom is 0.286 e. The van der Waals surface area contributed by atoms with E-state index in [1.165, 1.54) is 6.08 Å². The molecule has 0 aliphatic carbocycles. The number of benzene rings is 1. The van der Waals surface area contributed by atoms with E-state index in [4.69, 9.17) is 0 Å². The van der Waals surface area contributed by atoms with E-state index in [2.05, 4.69) is 15.8 Å². The molecule has 0 spiro atoms. The molecule has 3 amide bonds. The SMILES string of the molecule is O=C(C=Cc1ccc(N2CCCC2=O)cc1)NNC(=O)c1ccc[nH]1. The quantitative estimate of drug-likeness (QED) is 0.584. The highest BCUT2D eigenvalue weighted by atomic mass is 16.2. The second-order valence-corrected chi connectivity index (χ2v) is 5.60. The van der Waals surface area contributed by atoms with Crippen molar-refractivity contribution in [1.29, 1.82) is 0 Å². The molecule has 0 bridgehead atoms. The Morgan fingerprint density at radius 2 is 1.92 bits per heavy atom. The number of nitrogens with one attached hydrogen (secondary N) is 3. The minimum absolute atomic E-state index is 0.139. The van der Waals surface area contributed by atoms with E-state index in [0.29, 0.717) is 12.1 Å². The van der Waals surface area contributed by atoms with Gasteiger partial charge in [0, 0.05) is 30.9 Å². The molecule has 1 aromatic carbocycles. The number of aromatic amines is 1. The summed E-state index contributed by atoms with van der Waals surface area (Å²) in [5.41, 5.74) is 6.65. The zero-order chi connectivity index (χ0) is 17.6. The zero-order valence-electron chi connectivity index (χ0n) is 13.5. The zero-order valence-corrected chi connectivity index (χ0v) is 13.5. The molecule has 3 rings (SSSR count). The summed E-state index contributed by atoms with van der Waals surface area (Å²) < 4.78 is 0. The molecular formula is C18H18N4O3. The van der Waals surface area contributed by atoms with Crippen molar-refractivity contribution in [2.75, 3.05) is 11.4 Å². The molecular weight excluding hydrogens is 320 g/mol. The first kappa shape index (κ1) is 16.5. The van der Waals surface area contributed by atoms with Gasteiger partial charge in [-0.3, -0.25) is 25.2 Å². The number of anilines is 1. The van der Waals surface area contributed by atoms with E-state index in [1.807, 2.05) is 24.3 Å². The number of hydrogen-bond donors (Lipinski definition) is 3. The first-order chi connectivity index (χ1) is 12.1. The average molecular weight is 338 g/mol. The fourth-order valence-electron chi connectivity index (χ4n) is 2.56. The van der Waals surface area contributed by atoms with Crippen molar-refractivity contribution in [2.24, 2.45) is 0 Å². The van der Waals surface area contributed by atoms with Gasteiger partial charge in [0.25, 0.3) is 11.8 Å². The van der Waals surface area contributed by atoms with Crippen LogP contribution in [0.5, 0.6) is 0 Å². The van der Waals surface area contributed by atoms with Crippen molar-refractivity contribution in [3.8, 4) is 0 Å². The lowest BCUT2D eigenvalue weighted by Gasteiger charge is -2.15. The number of hydrogen-bond acceptors (Lipinski definition) is 3. The van der Waals surface area contributed by atoms with Crippen LogP contribution in [0, 0.1) is 0 Å². The van der Waals surface area contributed by atoms with Gasteiger partial charge in [0.2, 0.25) is 5.91 Å². The van der Waals surface area contributed by atoms with E-state index in [9.17, 15) is 14.4 Å². The fraction of sp³-hybridized carbons (Fsp3) is 0.167. The summed E-state index contributed by atoms with van der Waals surface area (Å²) in [6, 6.07) is 10.7. The lowest BCUT2D eigenvalue weighted by Crippen LogP contribution is -2.40. The smallest absolute Gasteiger partial charge is 0.286 e. The molecule has 0 atom stereocenters. The third-order valence-electron chi connectivity index (χ3n) is 3.85. The van der Waals surface area contributed by atoms with Gasteiger partial charge in [0.05, 0.1) is 0 Å². The van der Waals surface area contributed by atoms with Crippen LogP contribution in [0.25, 0.3) is 6.08 Å². The third-order valence-corrected chi connectivity index (χ3v) is 3.85. The Hall–Kier alpha value is -3.35. The Morgan fingerprint density at radius 3 is 2.56 bits per heavy atom. The van der Waals surface area contributed by atoms with Crippen LogP contribution < -0.4 is 15.8 Å². The summed E-state index contributed by atoms with van der Waals surface area (Å²) in [5, 5.41) is 0. The number of carbonyl (C=O) groups is 3. The first-order valence-electron chi connectivity index (χ1n) is 7.96. The van der Waals surface area contributed by atoms with Crippen molar-refractivity contribution >= 4 is 29.5 Å². The summed E-state index contributed by atoms with van der Waals surface area (Å²) in [4.78, 5) is 39.6. The molecule has 1 aliphatic heterocycles. The molecule has 128 valence electrons. The third kappa shape index (κ3) is 4.14. The molecule has 2 heterocycles. The molecule has 0 saturated carbocycles. The van der Waals surface area contributed by atoms with Gasteiger partial charge in [-0.1, -0.05) is 12.1 Å². The largest absolute Gasteiger partial charge is 0.357 e. The van der Waals surface area contributed by atoms with Crippen LogP contribution in [-0.4, -0.2) is 29.3 Å². The van der Waals surface area contributed by atoms with E-state index < -0.39 is 11.8 Å². The van der Waals surface area contributed by atoms with Crippen molar-refractivity contribution < 1.29 is 14.4 Å². The van der Waals surface area contributed by atoms with Gasteiger partial charge >= 0.3 is 0 Å². The maximum atomic E-state index is 11.7. The Balaban J connectivity index is 1.52. The van der Waals surface area contributed by atoms with Crippen LogP contribution in [0.15, 0.2) is 48.7 Å². The average Bonchev–Trinajstić information content (AvgIpc) is 3.30. The van der Waals surface area contributed by atoms with Gasteiger partial charge in [-0.05, 0) is 42.3 Å². The van der Waals surface area contributed by atoms with Crippen LogP contribution in [0.1, 0.15) is 28.9 Å². The normalized spacial score (nSPS) is 14.1. The van der Waals surface area contributed by atoms with Crippen molar-refractivity contribution in [3.63, 3.8) is 0 Å². The monoisotopic (exact) mass is 338 g/mol. The van der Waals surface area contributed by atoms with Crippen LogP contribution in [0.2, 0.25) is 0 Å². The van der Waals surface area contributed by atoms with Crippen molar-refractivity contribution in [2.45, 2.75) is 12.8 Å². The van der Waals surface area contributed by atoms with Crippen LogP contribution in [0.3, 0.4) is 0 Å². The number of aromatic nitrogens is 1. The topological polar surface area (TPSA) is 94.3 Å². The predicted molar refractivity (Wildman–Crippen MR) is 93.5 cm³/mol. The fourth-order valence-corrected chi connectivity index (χ4v) is 2.56. The van der Waals surface area contributed by atoms with Gasteiger partial charge in [-0.2, -0.15) is 0 Å². The van der Waals surface area contributed by atoms with E-state index in [1.54, 1.807) is 29.3 Å². The van der Waals surface area contributed by atoms with Gasteiger partial charge in [-0.25, -0.2) is 0 Å². The maximum absolute atomic E-state index is 11.7. The Morgan fingerprint density at radius 1 is 1.12 bits per heavy atom. The lowest BCUT2D eigenvalue weighted by atomic mass is 10.2. The Labute approximate surface area is 144 Å². The molecule has 2 aromatic rings. The molecule has 7 heteroatoms. The van der Waals surface area contributed by atoms with E-state index in [-0.39, 0.29) is 5.91 Å². The lowest BCUT2D eigenvalue weighted by molar-refractivity contribution is -0.117. The highest BCUT2D eigenvalue weighted by Crippen LogP contribution is 2.21. The summed E-state index contributed by atoms with van der Waals surface area (Å²) in [6.45, 7) is 0.747. The number of carbonyl (C=O) groups excluding carboxylic acids is 3. The van der Waals surface area contributed by atoms with Crippen molar-refractivity contribution in [1.82, 2.24) is 15.8 Å². The summed E-state index contributed by atoms with van der Waals surface area (Å²) in [7, 11) is 0. The summed E-state index contributed by atoms with van der Waals surface area (Å²) in [5.74, 6) is -0.731. The van der Waals surface area contributed by atoms with Crippen LogP contribution in [0.4, 0.5) is 5.69 Å². The number of amides is 3. The molecule has 0 radical (unpaired) electrons. The van der Waals surface area contributed by atoms with Crippen molar-refractivity contribution in [3.05, 3.63) is 59.9 Å².